The molecule has 140 valence electrons. The number of Topliss-reactive ketones (excluding diaryl/α,β-unsaturated/α-hetero) is 1. The molecular formula is C19H21N5O3. The van der Waals surface area contributed by atoms with E-state index < -0.39 is 5.97 Å². The maximum absolute atomic E-state index is 12.7. The van der Waals surface area contributed by atoms with E-state index in [9.17, 15) is 9.59 Å². The second-order valence-electron chi connectivity index (χ2n) is 6.23. The number of esters is 1. The zero-order valence-corrected chi connectivity index (χ0v) is 15.7. The quantitative estimate of drug-likeness (QED) is 0.531. The van der Waals surface area contributed by atoms with Gasteiger partial charge in [0.15, 0.2) is 0 Å². The fourth-order valence-electron chi connectivity index (χ4n) is 2.99. The van der Waals surface area contributed by atoms with Gasteiger partial charge < -0.3 is 9.72 Å². The van der Waals surface area contributed by atoms with Gasteiger partial charge in [0.25, 0.3) is 0 Å². The van der Waals surface area contributed by atoms with E-state index in [0.29, 0.717) is 28.3 Å². The van der Waals surface area contributed by atoms with E-state index in [0.717, 1.165) is 11.1 Å². The van der Waals surface area contributed by atoms with Crippen LogP contribution in [0.2, 0.25) is 0 Å². The number of benzene rings is 1. The molecule has 0 fully saturated rings. The first-order valence-electron chi connectivity index (χ1n) is 8.65. The molecule has 0 atom stereocenters. The number of aromatic amines is 1. The van der Waals surface area contributed by atoms with Crippen molar-refractivity contribution in [1.82, 2.24) is 25.2 Å². The van der Waals surface area contributed by atoms with Gasteiger partial charge in [-0.2, -0.15) is 4.80 Å². The smallest absolute Gasteiger partial charge is 0.340 e. The first-order chi connectivity index (χ1) is 12.9. The third-order valence-corrected chi connectivity index (χ3v) is 4.32. The van der Waals surface area contributed by atoms with E-state index in [1.54, 1.807) is 20.8 Å². The molecule has 0 amide bonds. The van der Waals surface area contributed by atoms with Crippen LogP contribution in [0.25, 0.3) is 11.4 Å². The van der Waals surface area contributed by atoms with Crippen LogP contribution in [0.3, 0.4) is 0 Å². The lowest BCUT2D eigenvalue weighted by molar-refractivity contribution is 0.0525. The summed E-state index contributed by atoms with van der Waals surface area (Å²) in [6.07, 6.45) is 0. The third kappa shape index (κ3) is 3.64. The van der Waals surface area contributed by atoms with Crippen LogP contribution in [-0.2, 0) is 11.3 Å². The van der Waals surface area contributed by atoms with Crippen molar-refractivity contribution in [2.24, 2.45) is 0 Å². The first-order valence-corrected chi connectivity index (χ1v) is 8.65. The van der Waals surface area contributed by atoms with Gasteiger partial charge in [-0.05, 0) is 44.0 Å². The SMILES string of the molecule is CCOC(=O)c1c(C)[nH]c(C(=O)Cn2nnc(-c3ccccc3C)n2)c1C. The van der Waals surface area contributed by atoms with Gasteiger partial charge >= 0.3 is 5.97 Å². The Labute approximate surface area is 156 Å². The Morgan fingerprint density at radius 2 is 1.93 bits per heavy atom. The van der Waals surface area contributed by atoms with Gasteiger partial charge in [-0.1, -0.05) is 24.3 Å². The third-order valence-electron chi connectivity index (χ3n) is 4.32. The Morgan fingerprint density at radius 3 is 2.63 bits per heavy atom. The number of tetrazole rings is 1. The van der Waals surface area contributed by atoms with Crippen molar-refractivity contribution < 1.29 is 14.3 Å². The highest BCUT2D eigenvalue weighted by atomic mass is 16.5. The molecule has 0 spiro atoms. The number of rotatable bonds is 6. The fourth-order valence-corrected chi connectivity index (χ4v) is 2.99. The van der Waals surface area contributed by atoms with Crippen molar-refractivity contribution >= 4 is 11.8 Å². The van der Waals surface area contributed by atoms with Crippen molar-refractivity contribution in [2.45, 2.75) is 34.2 Å². The van der Waals surface area contributed by atoms with E-state index in [-0.39, 0.29) is 18.9 Å². The summed E-state index contributed by atoms with van der Waals surface area (Å²) < 4.78 is 5.05. The number of nitrogens with zero attached hydrogens (tertiary/aromatic N) is 4. The average Bonchev–Trinajstić information content (AvgIpc) is 3.19. The molecule has 3 aromatic rings. The molecule has 0 bridgehead atoms. The van der Waals surface area contributed by atoms with Crippen molar-refractivity contribution in [3.8, 4) is 11.4 Å². The maximum Gasteiger partial charge on any atom is 0.340 e. The predicted molar refractivity (Wildman–Crippen MR) is 98.5 cm³/mol. The molecule has 2 heterocycles. The Hall–Kier alpha value is -3.29. The van der Waals surface area contributed by atoms with E-state index >= 15 is 0 Å². The Balaban J connectivity index is 1.82. The highest BCUT2D eigenvalue weighted by molar-refractivity contribution is 6.01. The highest BCUT2D eigenvalue weighted by Crippen LogP contribution is 2.21. The minimum absolute atomic E-state index is 0.0814. The molecule has 3 rings (SSSR count). The fraction of sp³-hybridized carbons (Fsp3) is 0.316. The molecule has 0 aliphatic carbocycles. The number of hydrogen-bond acceptors (Lipinski definition) is 6. The van der Waals surface area contributed by atoms with Gasteiger partial charge in [-0.25, -0.2) is 4.79 Å². The molecule has 1 N–H and O–H groups in total. The summed E-state index contributed by atoms with van der Waals surface area (Å²) in [5.74, 6) is -0.212. The first kappa shape index (κ1) is 18.5. The zero-order valence-electron chi connectivity index (χ0n) is 15.7. The van der Waals surface area contributed by atoms with Gasteiger partial charge in [0, 0.05) is 11.3 Å². The van der Waals surface area contributed by atoms with Crippen LogP contribution in [0.15, 0.2) is 24.3 Å². The molecule has 8 nitrogen and oxygen atoms in total. The molecule has 0 unspecified atom stereocenters. The molecule has 0 aliphatic rings. The largest absolute Gasteiger partial charge is 0.462 e. The predicted octanol–water partition coefficient (Wildman–Crippen LogP) is 2.65. The van der Waals surface area contributed by atoms with Crippen molar-refractivity contribution in [1.29, 1.82) is 0 Å². The van der Waals surface area contributed by atoms with Crippen LogP contribution in [0.4, 0.5) is 0 Å². The minimum atomic E-state index is -0.441. The Morgan fingerprint density at radius 1 is 1.19 bits per heavy atom. The summed E-state index contributed by atoms with van der Waals surface area (Å²) in [5.41, 5.74) is 3.81. The molecule has 27 heavy (non-hydrogen) atoms. The number of aryl methyl sites for hydroxylation is 2. The number of ether oxygens (including phenoxy) is 1. The number of carbonyl (C=O) groups is 2. The molecular weight excluding hydrogens is 346 g/mol. The Kier molecular flexibility index (Phi) is 5.16. The molecule has 2 aromatic heterocycles. The molecule has 0 saturated heterocycles. The topological polar surface area (TPSA) is 103 Å². The normalized spacial score (nSPS) is 10.8. The number of carbonyl (C=O) groups excluding carboxylic acids is 2. The van der Waals surface area contributed by atoms with Gasteiger partial charge in [0.1, 0.15) is 6.54 Å². The standard InChI is InChI=1S/C19H21N5O3/c1-5-27-19(26)16-12(3)17(20-13(16)4)15(25)10-24-22-18(21-23-24)14-9-7-6-8-11(14)2/h6-9,20H,5,10H2,1-4H3. The minimum Gasteiger partial charge on any atom is -0.462 e. The van der Waals surface area contributed by atoms with Crippen LogP contribution in [-0.4, -0.2) is 43.6 Å². The molecule has 0 saturated carbocycles. The summed E-state index contributed by atoms with van der Waals surface area (Å²) in [6.45, 7) is 7.35. The lowest BCUT2D eigenvalue weighted by Gasteiger charge is -2.02. The van der Waals surface area contributed by atoms with Crippen molar-refractivity contribution in [3.63, 3.8) is 0 Å². The van der Waals surface area contributed by atoms with Crippen LogP contribution in [0.5, 0.6) is 0 Å². The van der Waals surface area contributed by atoms with Gasteiger partial charge in [0.05, 0.1) is 17.9 Å². The summed E-state index contributed by atoms with van der Waals surface area (Å²) in [4.78, 5) is 29.0. The van der Waals surface area contributed by atoms with Crippen LogP contribution in [0, 0.1) is 20.8 Å². The van der Waals surface area contributed by atoms with Crippen molar-refractivity contribution in [3.05, 3.63) is 52.3 Å². The molecule has 0 aliphatic heterocycles. The molecule has 0 radical (unpaired) electrons. The summed E-state index contributed by atoms with van der Waals surface area (Å²) >= 11 is 0. The second kappa shape index (κ2) is 7.53. The highest BCUT2D eigenvalue weighted by Gasteiger charge is 2.23. The molecule has 1 aromatic carbocycles. The van der Waals surface area contributed by atoms with Gasteiger partial charge in [-0.15, -0.1) is 10.2 Å². The van der Waals surface area contributed by atoms with Crippen LogP contribution in [0.1, 0.15) is 44.6 Å². The van der Waals surface area contributed by atoms with E-state index in [4.69, 9.17) is 4.74 Å². The van der Waals surface area contributed by atoms with Crippen LogP contribution >= 0.6 is 0 Å². The summed E-state index contributed by atoms with van der Waals surface area (Å²) in [7, 11) is 0. The van der Waals surface area contributed by atoms with E-state index in [1.165, 1.54) is 4.80 Å². The monoisotopic (exact) mass is 367 g/mol. The summed E-state index contributed by atoms with van der Waals surface area (Å²) in [6, 6.07) is 7.70. The second-order valence-corrected chi connectivity index (χ2v) is 6.23. The number of H-pyrrole nitrogens is 1. The Bertz CT molecular complexity index is 1000. The number of hydrogen-bond donors (Lipinski definition) is 1. The summed E-state index contributed by atoms with van der Waals surface area (Å²) in [5, 5.41) is 12.3. The lowest BCUT2D eigenvalue weighted by Crippen LogP contribution is -2.15. The zero-order chi connectivity index (χ0) is 19.6. The van der Waals surface area contributed by atoms with E-state index in [1.807, 2.05) is 31.2 Å². The van der Waals surface area contributed by atoms with E-state index in [2.05, 4.69) is 20.4 Å². The van der Waals surface area contributed by atoms with Gasteiger partial charge in [0.2, 0.25) is 11.6 Å². The van der Waals surface area contributed by atoms with Crippen molar-refractivity contribution in [2.75, 3.05) is 6.61 Å². The maximum atomic E-state index is 12.7. The lowest BCUT2D eigenvalue weighted by atomic mass is 10.1. The van der Waals surface area contributed by atoms with Crippen LogP contribution < -0.4 is 0 Å². The average molecular weight is 367 g/mol. The molecule has 8 heteroatoms. The number of nitrogens with one attached hydrogen (secondary N) is 1. The number of aromatic nitrogens is 5. The number of ketones is 1. The van der Waals surface area contributed by atoms with Gasteiger partial charge in [-0.3, -0.25) is 4.79 Å².